The molecular weight excluding hydrogens is 146 g/mol. The van der Waals surface area contributed by atoms with Gasteiger partial charge in [-0.15, -0.1) is 0 Å². The van der Waals surface area contributed by atoms with Crippen molar-refractivity contribution in [3.05, 3.63) is 35.7 Å². The Balaban J connectivity index is 2.51. The van der Waals surface area contributed by atoms with E-state index in [1.54, 1.807) is 0 Å². The predicted molar refractivity (Wildman–Crippen MR) is 51.0 cm³/mol. The molecule has 1 nitrogen and oxygen atoms in total. The first kappa shape index (κ1) is 7.53. The van der Waals surface area contributed by atoms with Gasteiger partial charge in [-0.2, -0.15) is 0 Å². The Hall–Kier alpha value is -1.11. The molecule has 1 aromatic heterocycles. The highest BCUT2D eigenvalue weighted by Crippen LogP contribution is 2.23. The van der Waals surface area contributed by atoms with E-state index in [9.17, 15) is 0 Å². The minimum absolute atomic E-state index is 1.20. The molecule has 0 amide bonds. The minimum Gasteiger partial charge on any atom is -0.264 e. The van der Waals surface area contributed by atoms with Crippen LogP contribution in [0.2, 0.25) is 0 Å². The van der Waals surface area contributed by atoms with E-state index in [2.05, 4.69) is 11.6 Å². The van der Waals surface area contributed by atoms with Crippen LogP contribution in [-0.2, 0) is 12.8 Å². The van der Waals surface area contributed by atoms with Gasteiger partial charge in [-0.1, -0.05) is 12.7 Å². The van der Waals surface area contributed by atoms with Crippen LogP contribution in [0.4, 0.5) is 0 Å². The first-order chi connectivity index (χ1) is 5.92. The molecule has 1 aromatic rings. The van der Waals surface area contributed by atoms with Gasteiger partial charge in [-0.3, -0.25) is 4.98 Å². The second-order valence-electron chi connectivity index (χ2n) is 3.28. The van der Waals surface area contributed by atoms with Crippen LogP contribution in [0, 0.1) is 0 Å². The topological polar surface area (TPSA) is 12.9 Å². The lowest BCUT2D eigenvalue weighted by atomic mass is 9.90. The van der Waals surface area contributed by atoms with Crippen LogP contribution >= 0.6 is 0 Å². The van der Waals surface area contributed by atoms with Crippen molar-refractivity contribution in [3.8, 4) is 0 Å². The Morgan fingerprint density at radius 2 is 2.08 bits per heavy atom. The van der Waals surface area contributed by atoms with E-state index in [-0.39, 0.29) is 0 Å². The highest BCUT2D eigenvalue weighted by Gasteiger charge is 2.11. The summed E-state index contributed by atoms with van der Waals surface area (Å²) in [7, 11) is 0. The minimum atomic E-state index is 1.20. The standard InChI is InChI=1S/C11H13N/c1-2-9-7-12-8-10-5-3-4-6-11(9)10/h2,7-8H,1,3-6H2. The highest BCUT2D eigenvalue weighted by molar-refractivity contribution is 5.53. The fraction of sp³-hybridized carbons (Fsp3) is 0.364. The lowest BCUT2D eigenvalue weighted by Gasteiger charge is -2.16. The molecule has 0 atom stereocenters. The molecular formula is C11H13N. The molecule has 1 heteroatoms. The molecule has 0 radical (unpaired) electrons. The molecule has 0 aliphatic heterocycles. The molecule has 1 aliphatic carbocycles. The first-order valence-corrected chi connectivity index (χ1v) is 4.50. The Labute approximate surface area is 73.1 Å². The van der Waals surface area contributed by atoms with E-state index >= 15 is 0 Å². The van der Waals surface area contributed by atoms with Crippen LogP contribution in [-0.4, -0.2) is 4.98 Å². The van der Waals surface area contributed by atoms with Gasteiger partial charge in [-0.25, -0.2) is 0 Å². The summed E-state index contributed by atoms with van der Waals surface area (Å²) in [4.78, 5) is 4.20. The van der Waals surface area contributed by atoms with Crippen molar-refractivity contribution >= 4 is 6.08 Å². The molecule has 0 unspecified atom stereocenters. The number of hydrogen-bond acceptors (Lipinski definition) is 1. The molecule has 62 valence electrons. The van der Waals surface area contributed by atoms with E-state index < -0.39 is 0 Å². The van der Waals surface area contributed by atoms with Crippen LogP contribution in [0.3, 0.4) is 0 Å². The molecule has 0 saturated heterocycles. The summed E-state index contributed by atoms with van der Waals surface area (Å²) < 4.78 is 0. The zero-order chi connectivity index (χ0) is 8.39. The summed E-state index contributed by atoms with van der Waals surface area (Å²) >= 11 is 0. The van der Waals surface area contributed by atoms with Gasteiger partial charge in [0.05, 0.1) is 0 Å². The smallest absolute Gasteiger partial charge is 0.0343 e. The van der Waals surface area contributed by atoms with Crippen LogP contribution in [0.5, 0.6) is 0 Å². The van der Waals surface area contributed by atoms with Crippen LogP contribution < -0.4 is 0 Å². The maximum atomic E-state index is 4.20. The molecule has 12 heavy (non-hydrogen) atoms. The molecule has 0 spiro atoms. The monoisotopic (exact) mass is 159 g/mol. The predicted octanol–water partition coefficient (Wildman–Crippen LogP) is 2.60. The Bertz CT molecular complexity index is 302. The number of aryl methyl sites for hydroxylation is 1. The average Bonchev–Trinajstić information content (AvgIpc) is 2.17. The lowest BCUT2D eigenvalue weighted by Crippen LogP contribution is -2.05. The lowest BCUT2D eigenvalue weighted by molar-refractivity contribution is 0.681. The highest BCUT2D eigenvalue weighted by atomic mass is 14.6. The second-order valence-corrected chi connectivity index (χ2v) is 3.28. The SMILES string of the molecule is C=Cc1cncc2c1CCCC2. The molecule has 0 aromatic carbocycles. The molecule has 1 heterocycles. The zero-order valence-corrected chi connectivity index (χ0v) is 7.21. The molecule has 0 bridgehead atoms. The molecule has 1 aliphatic rings. The zero-order valence-electron chi connectivity index (χ0n) is 7.21. The fourth-order valence-corrected chi connectivity index (χ4v) is 1.86. The van der Waals surface area contributed by atoms with Crippen molar-refractivity contribution in [2.24, 2.45) is 0 Å². The van der Waals surface area contributed by atoms with Gasteiger partial charge >= 0.3 is 0 Å². The Morgan fingerprint density at radius 3 is 2.92 bits per heavy atom. The Kier molecular flexibility index (Phi) is 1.94. The van der Waals surface area contributed by atoms with Gasteiger partial charge in [0.15, 0.2) is 0 Å². The third-order valence-electron chi connectivity index (χ3n) is 2.52. The number of hydrogen-bond donors (Lipinski definition) is 0. The van der Waals surface area contributed by atoms with Gasteiger partial charge in [0, 0.05) is 12.4 Å². The maximum absolute atomic E-state index is 4.20. The Morgan fingerprint density at radius 1 is 1.25 bits per heavy atom. The quantitative estimate of drug-likeness (QED) is 0.613. The van der Waals surface area contributed by atoms with Crippen LogP contribution in [0.15, 0.2) is 19.0 Å². The largest absolute Gasteiger partial charge is 0.264 e. The third-order valence-corrected chi connectivity index (χ3v) is 2.52. The van der Waals surface area contributed by atoms with Crippen molar-refractivity contribution in [3.63, 3.8) is 0 Å². The summed E-state index contributed by atoms with van der Waals surface area (Å²) in [5, 5.41) is 0. The first-order valence-electron chi connectivity index (χ1n) is 4.50. The summed E-state index contributed by atoms with van der Waals surface area (Å²) in [6, 6.07) is 0. The normalized spacial score (nSPS) is 15.3. The molecule has 0 saturated carbocycles. The third kappa shape index (κ3) is 1.15. The van der Waals surface area contributed by atoms with Crippen molar-refractivity contribution in [2.45, 2.75) is 25.7 Å². The number of pyridine rings is 1. The number of aromatic nitrogens is 1. The van der Waals surface area contributed by atoms with E-state index in [1.165, 1.54) is 42.4 Å². The summed E-state index contributed by atoms with van der Waals surface area (Å²) in [6.45, 7) is 3.80. The van der Waals surface area contributed by atoms with Crippen molar-refractivity contribution < 1.29 is 0 Å². The van der Waals surface area contributed by atoms with Crippen LogP contribution in [0.1, 0.15) is 29.5 Å². The van der Waals surface area contributed by atoms with Crippen LogP contribution in [0.25, 0.3) is 6.08 Å². The number of fused-ring (bicyclic) bond motifs is 1. The molecule has 2 rings (SSSR count). The summed E-state index contributed by atoms with van der Waals surface area (Å²) in [6.07, 6.45) is 10.9. The van der Waals surface area contributed by atoms with Crippen molar-refractivity contribution in [1.82, 2.24) is 4.98 Å². The van der Waals surface area contributed by atoms with Crippen molar-refractivity contribution in [2.75, 3.05) is 0 Å². The van der Waals surface area contributed by atoms with Gasteiger partial charge in [-0.05, 0) is 42.4 Å². The molecule has 0 fully saturated rings. The fourth-order valence-electron chi connectivity index (χ4n) is 1.86. The average molecular weight is 159 g/mol. The molecule has 0 N–H and O–H groups in total. The van der Waals surface area contributed by atoms with Gasteiger partial charge in [0.2, 0.25) is 0 Å². The summed E-state index contributed by atoms with van der Waals surface area (Å²) in [5.41, 5.74) is 4.14. The van der Waals surface area contributed by atoms with E-state index in [1.807, 2.05) is 18.5 Å². The maximum Gasteiger partial charge on any atom is 0.0343 e. The van der Waals surface area contributed by atoms with E-state index in [0.717, 1.165) is 0 Å². The number of rotatable bonds is 1. The summed E-state index contributed by atoms with van der Waals surface area (Å²) in [5.74, 6) is 0. The van der Waals surface area contributed by atoms with Crippen molar-refractivity contribution in [1.29, 1.82) is 0 Å². The second kappa shape index (κ2) is 3.10. The van der Waals surface area contributed by atoms with E-state index in [4.69, 9.17) is 0 Å². The van der Waals surface area contributed by atoms with Gasteiger partial charge in [0.25, 0.3) is 0 Å². The number of nitrogens with zero attached hydrogens (tertiary/aromatic N) is 1. The van der Waals surface area contributed by atoms with E-state index in [0.29, 0.717) is 0 Å². The van der Waals surface area contributed by atoms with Gasteiger partial charge in [0.1, 0.15) is 0 Å². The van der Waals surface area contributed by atoms with Gasteiger partial charge < -0.3 is 0 Å².